The number of ether oxygens (including phenoxy) is 1. The van der Waals surface area contributed by atoms with Crippen LogP contribution in [0.1, 0.15) is 44.0 Å². The summed E-state index contributed by atoms with van der Waals surface area (Å²) in [5.41, 5.74) is 1.23. The van der Waals surface area contributed by atoms with Gasteiger partial charge < -0.3 is 15.2 Å². The van der Waals surface area contributed by atoms with Gasteiger partial charge in [0.05, 0.1) is 30.8 Å². The van der Waals surface area contributed by atoms with Gasteiger partial charge in [0, 0.05) is 57.5 Å². The molecule has 0 aromatic heterocycles. The predicted molar refractivity (Wildman–Crippen MR) is 135 cm³/mol. The van der Waals surface area contributed by atoms with Gasteiger partial charge >= 0.3 is 5.97 Å². The average molecular weight is 485 g/mol. The molecule has 3 rings (SSSR count). The van der Waals surface area contributed by atoms with Crippen molar-refractivity contribution in [2.45, 2.75) is 33.6 Å². The van der Waals surface area contributed by atoms with Crippen LogP contribution in [0, 0.1) is 5.41 Å². The molecule has 35 heavy (non-hydrogen) atoms. The molecular weight excluding hydrogens is 448 g/mol. The Morgan fingerprint density at radius 3 is 2.40 bits per heavy atom. The van der Waals surface area contributed by atoms with Gasteiger partial charge in [-0.25, -0.2) is 4.79 Å². The second-order valence-corrected chi connectivity index (χ2v) is 9.80. The van der Waals surface area contributed by atoms with E-state index in [2.05, 4.69) is 20.1 Å². The van der Waals surface area contributed by atoms with Crippen molar-refractivity contribution in [2.75, 3.05) is 57.7 Å². The highest BCUT2D eigenvalue weighted by molar-refractivity contribution is 6.14. The summed E-state index contributed by atoms with van der Waals surface area (Å²) in [5.74, 6) is -0.391. The summed E-state index contributed by atoms with van der Waals surface area (Å²) in [4.78, 5) is 45.1. The summed E-state index contributed by atoms with van der Waals surface area (Å²) in [7, 11) is 0. The summed E-state index contributed by atoms with van der Waals surface area (Å²) in [6.45, 7) is 10.9. The number of hydrogen-bond donors (Lipinski definition) is 2. The number of nitrogens with zero attached hydrogens (tertiary/aromatic N) is 3. The molecule has 0 atom stereocenters. The van der Waals surface area contributed by atoms with Crippen LogP contribution < -0.4 is 5.32 Å². The summed E-state index contributed by atoms with van der Waals surface area (Å²) in [6.07, 6.45) is 2.44. The third-order valence-electron chi connectivity index (χ3n) is 6.17. The number of benzene rings is 1. The van der Waals surface area contributed by atoms with Crippen LogP contribution in [0.5, 0.6) is 0 Å². The maximum absolute atomic E-state index is 12.4. The molecule has 2 aliphatic rings. The topological polar surface area (TPSA) is 112 Å². The number of aliphatic hydroxyl groups is 1. The van der Waals surface area contributed by atoms with Gasteiger partial charge in [-0.15, -0.1) is 0 Å². The summed E-state index contributed by atoms with van der Waals surface area (Å²) >= 11 is 0. The van der Waals surface area contributed by atoms with Crippen molar-refractivity contribution in [3.8, 4) is 0 Å². The number of piperazine rings is 1. The number of hydrogen-bond acceptors (Lipinski definition) is 8. The first-order chi connectivity index (χ1) is 16.7. The van der Waals surface area contributed by atoms with E-state index in [9.17, 15) is 19.5 Å². The fraction of sp³-hybridized carbons (Fsp3) is 0.538. The second-order valence-electron chi connectivity index (χ2n) is 9.80. The minimum atomic E-state index is -0.379. The minimum absolute atomic E-state index is 0.0515. The Morgan fingerprint density at radius 1 is 1.11 bits per heavy atom. The number of esters is 1. The van der Waals surface area contributed by atoms with E-state index in [-0.39, 0.29) is 28.8 Å². The Morgan fingerprint density at radius 2 is 1.77 bits per heavy atom. The van der Waals surface area contributed by atoms with Gasteiger partial charge in [0.2, 0.25) is 5.91 Å². The molecule has 0 spiro atoms. The number of anilines is 1. The van der Waals surface area contributed by atoms with E-state index in [1.807, 2.05) is 13.8 Å². The van der Waals surface area contributed by atoms with Gasteiger partial charge in [-0.2, -0.15) is 0 Å². The molecule has 0 saturated carbocycles. The number of amides is 1. The van der Waals surface area contributed by atoms with Crippen molar-refractivity contribution in [1.29, 1.82) is 0 Å². The van der Waals surface area contributed by atoms with Gasteiger partial charge in [0.15, 0.2) is 5.78 Å². The van der Waals surface area contributed by atoms with Crippen LogP contribution in [0.3, 0.4) is 0 Å². The zero-order chi connectivity index (χ0) is 25.4. The number of carbonyl (C=O) groups excluding carboxylic acids is 3. The number of aliphatic hydroxyl groups excluding tert-OH is 1. The number of rotatable bonds is 9. The van der Waals surface area contributed by atoms with E-state index >= 15 is 0 Å². The molecular formula is C26H36N4O5. The van der Waals surface area contributed by atoms with Crippen LogP contribution in [0.4, 0.5) is 5.69 Å². The summed E-state index contributed by atoms with van der Waals surface area (Å²) in [5, 5.41) is 13.0. The fourth-order valence-corrected chi connectivity index (χ4v) is 4.28. The van der Waals surface area contributed by atoms with Crippen molar-refractivity contribution in [3.05, 3.63) is 41.2 Å². The number of Topliss-reactive ketones (excluding diaryl/α,β-unsaturated/α-hetero) is 1. The maximum Gasteiger partial charge on any atom is 0.338 e. The van der Waals surface area contributed by atoms with Crippen molar-refractivity contribution in [3.63, 3.8) is 0 Å². The first-order valence-corrected chi connectivity index (χ1v) is 12.1. The molecule has 9 heteroatoms. The molecule has 1 aliphatic heterocycles. The summed E-state index contributed by atoms with van der Waals surface area (Å²) in [6, 6.07) is 6.66. The maximum atomic E-state index is 12.4. The highest BCUT2D eigenvalue weighted by Gasteiger charge is 2.32. The Labute approximate surface area is 206 Å². The van der Waals surface area contributed by atoms with Crippen molar-refractivity contribution in [1.82, 2.24) is 9.80 Å². The average Bonchev–Trinajstić information content (AvgIpc) is 2.79. The van der Waals surface area contributed by atoms with Crippen LogP contribution >= 0.6 is 0 Å². The van der Waals surface area contributed by atoms with Crippen molar-refractivity contribution in [2.24, 2.45) is 10.4 Å². The van der Waals surface area contributed by atoms with Crippen molar-refractivity contribution >= 4 is 29.6 Å². The lowest BCUT2D eigenvalue weighted by Gasteiger charge is -2.33. The minimum Gasteiger partial charge on any atom is -0.511 e. The van der Waals surface area contributed by atoms with E-state index in [0.717, 1.165) is 32.7 Å². The molecule has 9 nitrogen and oxygen atoms in total. The zero-order valence-corrected chi connectivity index (χ0v) is 20.9. The van der Waals surface area contributed by atoms with Gasteiger partial charge in [0.25, 0.3) is 0 Å². The van der Waals surface area contributed by atoms with Gasteiger partial charge in [-0.1, -0.05) is 13.8 Å². The highest BCUT2D eigenvalue weighted by atomic mass is 16.5. The summed E-state index contributed by atoms with van der Waals surface area (Å²) < 4.78 is 4.96. The third kappa shape index (κ3) is 8.00. The number of aliphatic imine (C=N–C) groups is 1. The predicted octanol–water partition coefficient (Wildman–Crippen LogP) is 2.69. The molecule has 190 valence electrons. The highest BCUT2D eigenvalue weighted by Crippen LogP contribution is 2.35. The van der Waals surface area contributed by atoms with Crippen LogP contribution in [-0.2, 0) is 14.3 Å². The molecule has 1 heterocycles. The van der Waals surface area contributed by atoms with Gasteiger partial charge in [0.1, 0.15) is 5.76 Å². The van der Waals surface area contributed by atoms with Crippen LogP contribution in [-0.4, -0.2) is 91.2 Å². The van der Waals surface area contributed by atoms with Gasteiger partial charge in [-0.05, 0) is 36.6 Å². The molecule has 0 unspecified atom stereocenters. The fourth-order valence-electron chi connectivity index (χ4n) is 4.28. The first-order valence-electron chi connectivity index (χ1n) is 12.1. The van der Waals surface area contributed by atoms with Crippen LogP contribution in [0.15, 0.2) is 40.6 Å². The monoisotopic (exact) mass is 484 g/mol. The lowest BCUT2D eigenvalue weighted by atomic mass is 9.77. The van der Waals surface area contributed by atoms with E-state index in [1.54, 1.807) is 31.2 Å². The molecule has 1 aliphatic carbocycles. The molecule has 0 radical (unpaired) electrons. The molecule has 1 saturated heterocycles. The van der Waals surface area contributed by atoms with Crippen LogP contribution in [0.25, 0.3) is 0 Å². The molecule has 1 amide bonds. The number of allylic oxidation sites excluding steroid dienone is 2. The van der Waals surface area contributed by atoms with Crippen LogP contribution in [0.2, 0.25) is 0 Å². The lowest BCUT2D eigenvalue weighted by molar-refractivity contribution is -0.118. The van der Waals surface area contributed by atoms with E-state index in [1.165, 1.54) is 6.21 Å². The van der Waals surface area contributed by atoms with Gasteiger partial charge in [-0.3, -0.25) is 24.4 Å². The lowest BCUT2D eigenvalue weighted by Crippen LogP contribution is -2.49. The standard InChI is InChI=1S/C26H36N4O5/c1-4-35-25(34)19-5-7-20(8-6-19)28-24(33)18-30-13-11-29(12-14-30)10-9-27-17-21-22(31)15-26(2,3)16-23(21)32/h5-8,17,31H,4,9-16,18H2,1-3H3,(H,28,33). The Hall–Kier alpha value is -3.04. The quantitative estimate of drug-likeness (QED) is 0.409. The SMILES string of the molecule is CCOC(=O)c1ccc(NC(=O)CN2CCN(CCN=CC3=C(O)CC(C)(C)CC3=O)CC2)cc1. The third-order valence-corrected chi connectivity index (χ3v) is 6.17. The Balaban J connectivity index is 1.36. The first kappa shape index (κ1) is 26.6. The Kier molecular flexibility index (Phi) is 9.17. The zero-order valence-electron chi connectivity index (χ0n) is 20.9. The molecule has 0 bridgehead atoms. The molecule has 1 aromatic carbocycles. The Bertz CT molecular complexity index is 976. The van der Waals surface area contributed by atoms with E-state index < -0.39 is 0 Å². The number of nitrogens with one attached hydrogen (secondary N) is 1. The second kappa shape index (κ2) is 12.1. The molecule has 1 fully saturated rings. The normalized spacial score (nSPS) is 19.2. The largest absolute Gasteiger partial charge is 0.511 e. The smallest absolute Gasteiger partial charge is 0.338 e. The molecule has 1 aromatic rings. The molecule has 2 N–H and O–H groups in total. The van der Waals surface area contributed by atoms with Crippen molar-refractivity contribution < 1.29 is 24.2 Å². The van der Waals surface area contributed by atoms with E-state index in [4.69, 9.17) is 4.74 Å². The number of ketones is 1. The number of carbonyl (C=O) groups is 3. The van der Waals surface area contributed by atoms with E-state index in [0.29, 0.717) is 49.4 Å².